The maximum absolute atomic E-state index is 10.9. The van der Waals surface area contributed by atoms with Gasteiger partial charge in [0.2, 0.25) is 0 Å². The Morgan fingerprint density at radius 2 is 2.00 bits per heavy atom. The van der Waals surface area contributed by atoms with Gasteiger partial charge in [0.05, 0.1) is 4.92 Å². The van der Waals surface area contributed by atoms with Crippen molar-refractivity contribution >= 4 is 28.2 Å². The first-order valence-electron chi connectivity index (χ1n) is 6.64. The van der Waals surface area contributed by atoms with Gasteiger partial charge in [-0.25, -0.2) is 0 Å². The minimum Gasteiger partial charge on any atom is -0.341 e. The lowest BCUT2D eigenvalue weighted by Gasteiger charge is -2.08. The molecule has 3 aromatic rings. The van der Waals surface area contributed by atoms with Gasteiger partial charge in [0.15, 0.2) is 0 Å². The molecular weight excluding hydrogens is 288 g/mol. The second-order valence-electron chi connectivity index (χ2n) is 4.78. The van der Waals surface area contributed by atoms with Crippen LogP contribution < -0.4 is 0 Å². The molecule has 0 aliphatic carbocycles. The topological polar surface area (TPSA) is 48.1 Å². The van der Waals surface area contributed by atoms with Crippen LogP contribution in [0.15, 0.2) is 48.5 Å². The van der Waals surface area contributed by atoms with E-state index in [0.29, 0.717) is 5.02 Å². The number of aromatic nitrogens is 1. The summed E-state index contributed by atoms with van der Waals surface area (Å²) in [6.07, 6.45) is 0. The first-order valence-corrected chi connectivity index (χ1v) is 7.01. The van der Waals surface area contributed by atoms with Crippen LogP contribution in [-0.2, 0) is 6.54 Å². The van der Waals surface area contributed by atoms with Crippen LogP contribution in [0.1, 0.15) is 6.92 Å². The van der Waals surface area contributed by atoms with Gasteiger partial charge in [0, 0.05) is 40.3 Å². The summed E-state index contributed by atoms with van der Waals surface area (Å²) in [4.78, 5) is 10.5. The number of hydrogen-bond donors (Lipinski definition) is 0. The van der Waals surface area contributed by atoms with E-state index in [1.54, 1.807) is 12.1 Å². The van der Waals surface area contributed by atoms with Gasteiger partial charge in [0.1, 0.15) is 0 Å². The van der Waals surface area contributed by atoms with Crippen LogP contribution in [0.3, 0.4) is 0 Å². The molecule has 0 bridgehead atoms. The van der Waals surface area contributed by atoms with Gasteiger partial charge < -0.3 is 4.57 Å². The third-order valence-corrected chi connectivity index (χ3v) is 3.77. The Morgan fingerprint density at radius 3 is 2.67 bits per heavy atom. The highest BCUT2D eigenvalue weighted by Gasteiger charge is 2.13. The minimum absolute atomic E-state index is 0.105. The fraction of sp³-hybridized carbons (Fsp3) is 0.125. The van der Waals surface area contributed by atoms with Crippen molar-refractivity contribution in [2.75, 3.05) is 0 Å². The van der Waals surface area contributed by atoms with E-state index in [-0.39, 0.29) is 10.6 Å². The number of aryl methyl sites for hydroxylation is 1. The van der Waals surface area contributed by atoms with Crippen LogP contribution in [0.25, 0.3) is 22.2 Å². The third kappa shape index (κ3) is 2.38. The Morgan fingerprint density at radius 1 is 1.19 bits per heavy atom. The zero-order valence-electron chi connectivity index (χ0n) is 11.4. The maximum atomic E-state index is 10.9. The van der Waals surface area contributed by atoms with E-state index in [0.717, 1.165) is 28.7 Å². The Hall–Kier alpha value is -2.33. The normalized spacial score (nSPS) is 11.0. The lowest BCUT2D eigenvalue weighted by Crippen LogP contribution is -1.96. The van der Waals surface area contributed by atoms with Crippen molar-refractivity contribution in [1.29, 1.82) is 0 Å². The number of nitro groups is 1. The molecule has 3 rings (SSSR count). The minimum atomic E-state index is -0.373. The Kier molecular flexibility index (Phi) is 3.39. The van der Waals surface area contributed by atoms with Crippen molar-refractivity contribution < 1.29 is 4.92 Å². The number of fused-ring (bicyclic) bond motifs is 1. The van der Waals surface area contributed by atoms with E-state index in [9.17, 15) is 10.1 Å². The molecule has 5 heteroatoms. The van der Waals surface area contributed by atoms with Crippen LogP contribution in [0.4, 0.5) is 5.69 Å². The molecule has 106 valence electrons. The van der Waals surface area contributed by atoms with E-state index in [1.165, 1.54) is 6.07 Å². The van der Waals surface area contributed by atoms with Crippen molar-refractivity contribution in [3.63, 3.8) is 0 Å². The van der Waals surface area contributed by atoms with E-state index in [4.69, 9.17) is 11.6 Å². The van der Waals surface area contributed by atoms with Gasteiger partial charge >= 0.3 is 0 Å². The number of non-ortho nitro benzene ring substituents is 1. The van der Waals surface area contributed by atoms with Gasteiger partial charge in [-0.3, -0.25) is 10.1 Å². The standard InChI is InChI=1S/C16H13ClN2O2/c1-2-18-15-7-6-14(19(20)21)9-12(15)10-16(18)11-4-3-5-13(17)8-11/h3-10H,2H2,1H3. The molecule has 1 aromatic heterocycles. The summed E-state index contributed by atoms with van der Waals surface area (Å²) in [5.41, 5.74) is 3.10. The van der Waals surface area contributed by atoms with Crippen molar-refractivity contribution in [1.82, 2.24) is 4.57 Å². The number of nitrogens with zero attached hydrogens (tertiary/aromatic N) is 2. The van der Waals surface area contributed by atoms with E-state index < -0.39 is 0 Å². The predicted octanol–water partition coefficient (Wildman–Crippen LogP) is 4.89. The molecule has 0 radical (unpaired) electrons. The van der Waals surface area contributed by atoms with Crippen molar-refractivity contribution in [3.8, 4) is 11.3 Å². The summed E-state index contributed by atoms with van der Waals surface area (Å²) in [5, 5.41) is 12.4. The number of halogens is 1. The number of nitro benzene ring substituents is 1. The number of rotatable bonds is 3. The fourth-order valence-corrected chi connectivity index (χ4v) is 2.79. The van der Waals surface area contributed by atoms with Crippen molar-refractivity contribution in [2.45, 2.75) is 13.5 Å². The number of hydrogen-bond acceptors (Lipinski definition) is 2. The van der Waals surface area contributed by atoms with Gasteiger partial charge in [-0.05, 0) is 36.8 Å². The molecule has 2 aromatic carbocycles. The largest absolute Gasteiger partial charge is 0.341 e. The molecule has 0 unspecified atom stereocenters. The average molecular weight is 301 g/mol. The first-order chi connectivity index (χ1) is 10.1. The fourth-order valence-electron chi connectivity index (χ4n) is 2.60. The molecule has 0 amide bonds. The molecule has 21 heavy (non-hydrogen) atoms. The summed E-state index contributed by atoms with van der Waals surface area (Å²) in [7, 11) is 0. The van der Waals surface area contributed by atoms with Crippen LogP contribution in [0.2, 0.25) is 5.02 Å². The zero-order valence-corrected chi connectivity index (χ0v) is 12.2. The van der Waals surface area contributed by atoms with E-state index in [2.05, 4.69) is 11.5 Å². The highest BCUT2D eigenvalue weighted by atomic mass is 35.5. The highest BCUT2D eigenvalue weighted by Crippen LogP contribution is 2.31. The van der Waals surface area contributed by atoms with Gasteiger partial charge in [-0.2, -0.15) is 0 Å². The van der Waals surface area contributed by atoms with E-state index in [1.807, 2.05) is 30.3 Å². The van der Waals surface area contributed by atoms with Gasteiger partial charge in [-0.1, -0.05) is 23.7 Å². The molecule has 0 aliphatic heterocycles. The smallest absolute Gasteiger partial charge is 0.270 e. The summed E-state index contributed by atoms with van der Waals surface area (Å²) < 4.78 is 2.13. The lowest BCUT2D eigenvalue weighted by molar-refractivity contribution is -0.384. The Bertz CT molecular complexity index is 839. The van der Waals surface area contributed by atoms with E-state index >= 15 is 0 Å². The lowest BCUT2D eigenvalue weighted by atomic mass is 10.1. The third-order valence-electron chi connectivity index (χ3n) is 3.53. The molecule has 0 fully saturated rings. The molecule has 1 heterocycles. The van der Waals surface area contributed by atoms with Crippen molar-refractivity contribution in [3.05, 3.63) is 63.7 Å². The molecule has 0 spiro atoms. The number of benzene rings is 2. The summed E-state index contributed by atoms with van der Waals surface area (Å²) in [6, 6.07) is 14.5. The molecule has 0 aliphatic rings. The summed E-state index contributed by atoms with van der Waals surface area (Å²) >= 11 is 6.06. The first kappa shape index (κ1) is 13.6. The van der Waals surface area contributed by atoms with Gasteiger partial charge in [0.25, 0.3) is 5.69 Å². The van der Waals surface area contributed by atoms with Crippen LogP contribution in [0, 0.1) is 10.1 Å². The Labute approximate surface area is 126 Å². The quantitative estimate of drug-likeness (QED) is 0.511. The summed E-state index contributed by atoms with van der Waals surface area (Å²) in [6.45, 7) is 2.83. The molecule has 0 atom stereocenters. The Balaban J connectivity index is 2.25. The maximum Gasteiger partial charge on any atom is 0.270 e. The second kappa shape index (κ2) is 5.22. The van der Waals surface area contributed by atoms with Crippen molar-refractivity contribution in [2.24, 2.45) is 0 Å². The zero-order chi connectivity index (χ0) is 15.0. The molecule has 4 nitrogen and oxygen atoms in total. The van der Waals surface area contributed by atoms with Crippen LogP contribution in [0.5, 0.6) is 0 Å². The molecule has 0 saturated carbocycles. The summed E-state index contributed by atoms with van der Waals surface area (Å²) in [5.74, 6) is 0. The average Bonchev–Trinajstić information content (AvgIpc) is 2.84. The van der Waals surface area contributed by atoms with Crippen LogP contribution in [-0.4, -0.2) is 9.49 Å². The highest BCUT2D eigenvalue weighted by molar-refractivity contribution is 6.30. The van der Waals surface area contributed by atoms with Crippen LogP contribution >= 0.6 is 11.6 Å². The second-order valence-corrected chi connectivity index (χ2v) is 5.22. The monoisotopic (exact) mass is 300 g/mol. The molecule has 0 N–H and O–H groups in total. The molecular formula is C16H13ClN2O2. The SMILES string of the molecule is CCn1c(-c2cccc(Cl)c2)cc2cc([N+](=O)[O-])ccc21. The predicted molar refractivity (Wildman–Crippen MR) is 84.7 cm³/mol. The van der Waals surface area contributed by atoms with Gasteiger partial charge in [-0.15, -0.1) is 0 Å². The molecule has 0 saturated heterocycles.